The van der Waals surface area contributed by atoms with Crippen molar-refractivity contribution >= 4 is 72.2 Å². The SMILES string of the molecule is CC[C@@H](C)c1nc2ccc(Br)cc2c(=O)n1N=Cc1cc(Br)ccc1OCC(=O)Nc1ccc(Cl)cc1. The number of hydrogen-bond acceptors (Lipinski definition) is 5. The topological polar surface area (TPSA) is 85.6 Å². The number of nitrogens with zero attached hydrogens (tertiary/aromatic N) is 3. The molecule has 1 aromatic heterocycles. The number of nitrogens with one attached hydrogen (secondary N) is 1. The van der Waals surface area contributed by atoms with Crippen LogP contribution in [-0.2, 0) is 4.79 Å². The van der Waals surface area contributed by atoms with Crippen LogP contribution in [0.3, 0.4) is 0 Å². The van der Waals surface area contributed by atoms with E-state index in [1.807, 2.05) is 26.0 Å². The van der Waals surface area contributed by atoms with E-state index in [9.17, 15) is 9.59 Å². The minimum atomic E-state index is -0.326. The number of anilines is 1. The average molecular weight is 647 g/mol. The molecule has 0 radical (unpaired) electrons. The molecule has 0 saturated heterocycles. The van der Waals surface area contributed by atoms with Gasteiger partial charge in [0.05, 0.1) is 17.1 Å². The lowest BCUT2D eigenvalue weighted by atomic mass is 10.1. The predicted octanol–water partition coefficient (Wildman–Crippen LogP) is 6.99. The summed E-state index contributed by atoms with van der Waals surface area (Å²) < 4.78 is 8.70. The Morgan fingerprint density at radius 2 is 1.84 bits per heavy atom. The van der Waals surface area contributed by atoms with Gasteiger partial charge in [-0.25, -0.2) is 4.98 Å². The first-order chi connectivity index (χ1) is 17.7. The molecule has 0 spiro atoms. The van der Waals surface area contributed by atoms with Gasteiger partial charge in [-0.2, -0.15) is 9.78 Å². The van der Waals surface area contributed by atoms with Crippen LogP contribution in [0.2, 0.25) is 5.02 Å². The monoisotopic (exact) mass is 644 g/mol. The number of rotatable bonds is 8. The quantitative estimate of drug-likeness (QED) is 0.209. The second kappa shape index (κ2) is 12.0. The smallest absolute Gasteiger partial charge is 0.282 e. The van der Waals surface area contributed by atoms with Gasteiger partial charge in [0.15, 0.2) is 6.61 Å². The number of carbonyl (C=O) groups excluding carboxylic acids is 1. The standard InChI is InChI=1S/C27H23Br2ClN4O3/c1-3-16(2)26-33-23-10-4-19(29)13-22(23)27(36)34(26)31-14-17-12-18(28)5-11-24(17)37-15-25(35)32-21-8-6-20(30)7-9-21/h4-14,16H,3,15H2,1-2H3,(H,32,35)/t16-/m1/s1. The van der Waals surface area contributed by atoms with E-state index in [1.54, 1.807) is 48.5 Å². The van der Waals surface area contributed by atoms with Crippen LogP contribution in [0.25, 0.3) is 10.9 Å². The van der Waals surface area contributed by atoms with Gasteiger partial charge in [0.25, 0.3) is 11.5 Å². The van der Waals surface area contributed by atoms with Crippen LogP contribution >= 0.6 is 43.5 Å². The molecule has 1 N–H and O–H groups in total. The number of hydrogen-bond donors (Lipinski definition) is 1. The maximum atomic E-state index is 13.4. The van der Waals surface area contributed by atoms with Crippen molar-refractivity contribution in [3.05, 3.63) is 96.4 Å². The number of benzene rings is 3. The van der Waals surface area contributed by atoms with Gasteiger partial charge in [0, 0.05) is 31.1 Å². The minimum Gasteiger partial charge on any atom is -0.483 e. The Balaban J connectivity index is 1.63. The molecule has 0 aliphatic carbocycles. The maximum Gasteiger partial charge on any atom is 0.282 e. The average Bonchev–Trinajstić information content (AvgIpc) is 2.88. The highest BCUT2D eigenvalue weighted by atomic mass is 79.9. The van der Waals surface area contributed by atoms with Gasteiger partial charge in [-0.3, -0.25) is 9.59 Å². The van der Waals surface area contributed by atoms with Gasteiger partial charge >= 0.3 is 0 Å². The van der Waals surface area contributed by atoms with E-state index >= 15 is 0 Å². The van der Waals surface area contributed by atoms with Crippen LogP contribution in [0.15, 0.2) is 79.5 Å². The van der Waals surface area contributed by atoms with Gasteiger partial charge in [-0.15, -0.1) is 0 Å². The number of aromatic nitrogens is 2. The molecule has 3 aromatic carbocycles. The normalized spacial score (nSPS) is 12.1. The Morgan fingerprint density at radius 3 is 2.57 bits per heavy atom. The van der Waals surface area contributed by atoms with Crippen LogP contribution in [-0.4, -0.2) is 28.4 Å². The summed E-state index contributed by atoms with van der Waals surface area (Å²) in [4.78, 5) is 30.5. The summed E-state index contributed by atoms with van der Waals surface area (Å²) in [6.07, 6.45) is 2.33. The van der Waals surface area contributed by atoms with Crippen LogP contribution in [0.1, 0.15) is 37.6 Å². The predicted molar refractivity (Wildman–Crippen MR) is 155 cm³/mol. The van der Waals surface area contributed by atoms with Crippen LogP contribution in [0.5, 0.6) is 5.75 Å². The fourth-order valence-corrected chi connectivity index (χ4v) is 4.39. The van der Waals surface area contributed by atoms with Crippen molar-refractivity contribution in [2.45, 2.75) is 26.2 Å². The van der Waals surface area contributed by atoms with Crippen molar-refractivity contribution in [1.82, 2.24) is 9.66 Å². The highest BCUT2D eigenvalue weighted by Crippen LogP contribution is 2.24. The molecule has 0 bridgehead atoms. The summed E-state index contributed by atoms with van der Waals surface area (Å²) in [5.41, 5.74) is 1.55. The summed E-state index contributed by atoms with van der Waals surface area (Å²) >= 11 is 12.8. The molecule has 0 fully saturated rings. The Hall–Kier alpha value is -3.01. The first kappa shape index (κ1) is 27.0. The van der Waals surface area contributed by atoms with E-state index in [2.05, 4.69) is 42.3 Å². The zero-order valence-electron chi connectivity index (χ0n) is 20.0. The third-order valence-corrected chi connectivity index (χ3v) is 6.90. The molecule has 7 nitrogen and oxygen atoms in total. The molecule has 4 aromatic rings. The van der Waals surface area contributed by atoms with E-state index in [1.165, 1.54) is 10.9 Å². The van der Waals surface area contributed by atoms with Gasteiger partial charge in [0.2, 0.25) is 0 Å². The lowest BCUT2D eigenvalue weighted by Gasteiger charge is -2.14. The molecular weight excluding hydrogens is 624 g/mol. The third kappa shape index (κ3) is 6.66. The highest BCUT2D eigenvalue weighted by molar-refractivity contribution is 9.10. The van der Waals surface area contributed by atoms with E-state index in [0.717, 1.165) is 15.4 Å². The summed E-state index contributed by atoms with van der Waals surface area (Å²) in [5, 5.41) is 8.32. The molecule has 0 aliphatic rings. The molecule has 0 unspecified atom stereocenters. The Labute approximate surface area is 235 Å². The first-order valence-corrected chi connectivity index (χ1v) is 13.5. The van der Waals surface area contributed by atoms with Gasteiger partial charge in [-0.05, 0) is 67.1 Å². The number of ether oxygens (including phenoxy) is 1. The van der Waals surface area contributed by atoms with E-state index in [0.29, 0.717) is 38.8 Å². The zero-order chi connectivity index (χ0) is 26.5. The van der Waals surface area contributed by atoms with Crippen molar-refractivity contribution in [3.63, 3.8) is 0 Å². The molecule has 0 saturated carbocycles. The fourth-order valence-electron chi connectivity index (χ4n) is 3.52. The van der Waals surface area contributed by atoms with Gasteiger partial charge in [-0.1, -0.05) is 57.3 Å². The second-order valence-corrected chi connectivity index (χ2v) is 10.6. The fraction of sp³-hybridized carbons (Fsp3) is 0.185. The largest absolute Gasteiger partial charge is 0.483 e. The molecule has 10 heteroatoms. The van der Waals surface area contributed by atoms with E-state index < -0.39 is 0 Å². The number of amides is 1. The molecular formula is C27H23Br2ClN4O3. The van der Waals surface area contributed by atoms with E-state index in [-0.39, 0.29) is 24.0 Å². The minimum absolute atomic E-state index is 0.00712. The van der Waals surface area contributed by atoms with Crippen LogP contribution in [0, 0.1) is 0 Å². The third-order valence-electron chi connectivity index (χ3n) is 5.66. The summed E-state index contributed by atoms with van der Waals surface area (Å²) in [6.45, 7) is 3.83. The number of carbonyl (C=O) groups is 1. The first-order valence-electron chi connectivity index (χ1n) is 11.5. The molecule has 0 aliphatic heterocycles. The lowest BCUT2D eigenvalue weighted by Crippen LogP contribution is -2.24. The van der Waals surface area contributed by atoms with Gasteiger partial charge in [0.1, 0.15) is 11.6 Å². The van der Waals surface area contributed by atoms with Crippen molar-refractivity contribution in [3.8, 4) is 5.75 Å². The van der Waals surface area contributed by atoms with Crippen molar-refractivity contribution in [1.29, 1.82) is 0 Å². The molecule has 4 rings (SSSR count). The summed E-state index contributed by atoms with van der Waals surface area (Å²) in [6, 6.07) is 17.5. The van der Waals surface area contributed by atoms with Crippen molar-refractivity contribution in [2.75, 3.05) is 11.9 Å². The summed E-state index contributed by atoms with van der Waals surface area (Å²) in [7, 11) is 0. The molecule has 1 heterocycles. The van der Waals surface area contributed by atoms with Gasteiger partial charge < -0.3 is 10.1 Å². The number of halogens is 3. The molecule has 1 atom stereocenters. The molecule has 37 heavy (non-hydrogen) atoms. The Bertz CT molecular complexity index is 1540. The lowest BCUT2D eigenvalue weighted by molar-refractivity contribution is -0.118. The van der Waals surface area contributed by atoms with E-state index in [4.69, 9.17) is 21.3 Å². The zero-order valence-corrected chi connectivity index (χ0v) is 24.0. The van der Waals surface area contributed by atoms with Crippen LogP contribution in [0.4, 0.5) is 5.69 Å². The number of fused-ring (bicyclic) bond motifs is 1. The maximum absolute atomic E-state index is 13.4. The Kier molecular flexibility index (Phi) is 8.79. The Morgan fingerprint density at radius 1 is 1.14 bits per heavy atom. The summed E-state index contributed by atoms with van der Waals surface area (Å²) in [5.74, 6) is 0.687. The second-order valence-electron chi connectivity index (χ2n) is 8.33. The highest BCUT2D eigenvalue weighted by Gasteiger charge is 2.16. The van der Waals surface area contributed by atoms with Crippen LogP contribution < -0.4 is 15.6 Å². The van der Waals surface area contributed by atoms with Crippen molar-refractivity contribution in [2.24, 2.45) is 5.10 Å². The molecule has 1 amide bonds. The molecule has 190 valence electrons. The van der Waals surface area contributed by atoms with Crippen molar-refractivity contribution < 1.29 is 9.53 Å².